The Kier molecular flexibility index (Phi) is 8.65. The molecule has 0 aliphatic carbocycles. The van der Waals surface area contributed by atoms with Crippen molar-refractivity contribution in [3.05, 3.63) is 57.5 Å². The van der Waals surface area contributed by atoms with Gasteiger partial charge in [0.2, 0.25) is 0 Å². The van der Waals surface area contributed by atoms with Crippen LogP contribution in [0.25, 0.3) is 10.6 Å². The molecular formula is C19H24IN5S2. The first kappa shape index (κ1) is 21.8. The van der Waals surface area contributed by atoms with Gasteiger partial charge >= 0.3 is 0 Å². The number of rotatable bonds is 6. The monoisotopic (exact) mass is 513 g/mol. The highest BCUT2D eigenvalue weighted by Crippen LogP contribution is 2.23. The number of guanidine groups is 1. The summed E-state index contributed by atoms with van der Waals surface area (Å²) < 4.78 is 0. The second kappa shape index (κ2) is 10.7. The number of hydrogen-bond acceptors (Lipinski definition) is 5. The van der Waals surface area contributed by atoms with Crippen molar-refractivity contribution in [3.8, 4) is 10.6 Å². The van der Waals surface area contributed by atoms with Gasteiger partial charge in [-0.25, -0.2) is 9.97 Å². The molecule has 0 bridgehead atoms. The van der Waals surface area contributed by atoms with E-state index in [-0.39, 0.29) is 24.0 Å². The SMILES string of the molecule is CN=C(NCCc1csc(-c2ccccc2)n1)N(C)Cc1csc(C)n1.I. The first-order chi connectivity index (χ1) is 12.7. The Hall–Kier alpha value is -1.52. The minimum atomic E-state index is 0. The van der Waals surface area contributed by atoms with Gasteiger partial charge in [-0.1, -0.05) is 30.3 Å². The van der Waals surface area contributed by atoms with Crippen LogP contribution >= 0.6 is 46.7 Å². The van der Waals surface area contributed by atoms with Gasteiger partial charge in [-0.15, -0.1) is 46.7 Å². The number of aliphatic imine (C=N–C) groups is 1. The van der Waals surface area contributed by atoms with Crippen molar-refractivity contribution in [1.29, 1.82) is 0 Å². The van der Waals surface area contributed by atoms with Crippen LogP contribution in [0.2, 0.25) is 0 Å². The van der Waals surface area contributed by atoms with Crippen LogP contribution in [0.4, 0.5) is 0 Å². The molecule has 0 atom stereocenters. The number of aryl methyl sites for hydroxylation is 1. The maximum Gasteiger partial charge on any atom is 0.193 e. The van der Waals surface area contributed by atoms with Crippen molar-refractivity contribution in [2.24, 2.45) is 4.99 Å². The van der Waals surface area contributed by atoms with E-state index < -0.39 is 0 Å². The van der Waals surface area contributed by atoms with E-state index in [1.807, 2.05) is 39.2 Å². The Morgan fingerprint density at radius 2 is 1.85 bits per heavy atom. The third kappa shape index (κ3) is 6.25. The summed E-state index contributed by atoms with van der Waals surface area (Å²) in [6, 6.07) is 10.3. The Morgan fingerprint density at radius 1 is 1.11 bits per heavy atom. The molecule has 8 heteroatoms. The lowest BCUT2D eigenvalue weighted by Gasteiger charge is -2.21. The van der Waals surface area contributed by atoms with Crippen LogP contribution in [-0.2, 0) is 13.0 Å². The van der Waals surface area contributed by atoms with Crippen LogP contribution < -0.4 is 5.32 Å². The summed E-state index contributed by atoms with van der Waals surface area (Å²) in [6.07, 6.45) is 0.867. The topological polar surface area (TPSA) is 53.4 Å². The van der Waals surface area contributed by atoms with Crippen LogP contribution in [0.1, 0.15) is 16.4 Å². The Labute approximate surface area is 185 Å². The zero-order chi connectivity index (χ0) is 18.4. The lowest BCUT2D eigenvalue weighted by molar-refractivity contribution is 0.471. The lowest BCUT2D eigenvalue weighted by Crippen LogP contribution is -2.39. The van der Waals surface area contributed by atoms with Crippen molar-refractivity contribution >= 4 is 52.6 Å². The number of hydrogen-bond donors (Lipinski definition) is 1. The quantitative estimate of drug-likeness (QED) is 0.301. The Bertz CT molecular complexity index is 860. The highest BCUT2D eigenvalue weighted by Gasteiger charge is 2.09. The molecule has 0 aliphatic heterocycles. The lowest BCUT2D eigenvalue weighted by atomic mass is 10.2. The number of nitrogens with one attached hydrogen (secondary N) is 1. The van der Waals surface area contributed by atoms with Gasteiger partial charge in [0, 0.05) is 43.4 Å². The zero-order valence-electron chi connectivity index (χ0n) is 15.7. The molecule has 0 fully saturated rings. The van der Waals surface area contributed by atoms with Gasteiger partial charge < -0.3 is 10.2 Å². The van der Waals surface area contributed by atoms with Gasteiger partial charge in [-0.3, -0.25) is 4.99 Å². The van der Waals surface area contributed by atoms with Gasteiger partial charge in [0.1, 0.15) is 5.01 Å². The number of halogens is 1. The molecule has 2 heterocycles. The molecule has 3 rings (SSSR count). The first-order valence-electron chi connectivity index (χ1n) is 8.48. The smallest absolute Gasteiger partial charge is 0.193 e. The maximum atomic E-state index is 4.73. The second-order valence-corrected chi connectivity index (χ2v) is 7.87. The fourth-order valence-electron chi connectivity index (χ4n) is 2.62. The van der Waals surface area contributed by atoms with E-state index in [0.717, 1.165) is 46.9 Å². The highest BCUT2D eigenvalue weighted by atomic mass is 127. The van der Waals surface area contributed by atoms with E-state index in [1.165, 1.54) is 5.56 Å². The molecule has 1 N–H and O–H groups in total. The van der Waals surface area contributed by atoms with Gasteiger partial charge in [0.05, 0.1) is 22.9 Å². The number of nitrogens with zero attached hydrogens (tertiary/aromatic N) is 4. The molecule has 0 aliphatic rings. The van der Waals surface area contributed by atoms with Crippen LogP contribution in [-0.4, -0.2) is 41.5 Å². The average Bonchev–Trinajstić information content (AvgIpc) is 3.28. The van der Waals surface area contributed by atoms with Crippen LogP contribution in [0, 0.1) is 6.92 Å². The maximum absolute atomic E-state index is 4.73. The first-order valence-corrected chi connectivity index (χ1v) is 10.2. The summed E-state index contributed by atoms with van der Waals surface area (Å²) >= 11 is 3.37. The van der Waals surface area contributed by atoms with E-state index in [4.69, 9.17) is 4.98 Å². The van der Waals surface area contributed by atoms with Gasteiger partial charge in [-0.05, 0) is 6.92 Å². The van der Waals surface area contributed by atoms with Crippen molar-refractivity contribution in [3.63, 3.8) is 0 Å². The highest BCUT2D eigenvalue weighted by molar-refractivity contribution is 14.0. The zero-order valence-corrected chi connectivity index (χ0v) is 19.6. The second-order valence-electron chi connectivity index (χ2n) is 5.95. The molecule has 27 heavy (non-hydrogen) atoms. The molecular weight excluding hydrogens is 489 g/mol. The molecule has 5 nitrogen and oxygen atoms in total. The summed E-state index contributed by atoms with van der Waals surface area (Å²) in [5.41, 5.74) is 3.35. The predicted molar refractivity (Wildman–Crippen MR) is 126 cm³/mol. The van der Waals surface area contributed by atoms with Crippen molar-refractivity contribution in [1.82, 2.24) is 20.2 Å². The molecule has 0 saturated carbocycles. The number of benzene rings is 1. The molecule has 0 unspecified atom stereocenters. The van der Waals surface area contributed by atoms with E-state index in [9.17, 15) is 0 Å². The molecule has 0 spiro atoms. The standard InChI is InChI=1S/C19H23N5S2.HI/c1-14-22-17(13-25-14)11-24(3)19(20-2)21-10-9-16-12-26-18(23-16)15-7-5-4-6-8-15;/h4-8,12-13H,9-11H2,1-3H3,(H,20,21);1H. The molecule has 144 valence electrons. The minimum absolute atomic E-state index is 0. The molecule has 0 radical (unpaired) electrons. The summed E-state index contributed by atoms with van der Waals surface area (Å²) in [7, 11) is 3.84. The van der Waals surface area contributed by atoms with Gasteiger partial charge in [0.25, 0.3) is 0 Å². The fraction of sp³-hybridized carbons (Fsp3) is 0.316. The summed E-state index contributed by atoms with van der Waals surface area (Å²) in [5.74, 6) is 0.870. The van der Waals surface area contributed by atoms with Crippen LogP contribution in [0.15, 0.2) is 46.1 Å². The summed E-state index contributed by atoms with van der Waals surface area (Å²) in [4.78, 5) is 15.7. The van der Waals surface area contributed by atoms with E-state index >= 15 is 0 Å². The Morgan fingerprint density at radius 3 is 2.52 bits per heavy atom. The van der Waals surface area contributed by atoms with Crippen molar-refractivity contribution in [2.75, 3.05) is 20.6 Å². The number of aromatic nitrogens is 2. The number of thiazole rings is 2. The predicted octanol–water partition coefficient (Wildman–Crippen LogP) is 4.44. The minimum Gasteiger partial charge on any atom is -0.356 e. The Balaban J connectivity index is 0.00000261. The third-order valence-corrected chi connectivity index (χ3v) is 5.64. The van der Waals surface area contributed by atoms with Crippen molar-refractivity contribution in [2.45, 2.75) is 19.9 Å². The van der Waals surface area contributed by atoms with E-state index in [2.05, 4.69) is 43.1 Å². The average molecular weight is 513 g/mol. The summed E-state index contributed by atoms with van der Waals surface area (Å²) in [5, 5.41) is 9.80. The van der Waals surface area contributed by atoms with Gasteiger partial charge in [-0.2, -0.15) is 0 Å². The normalized spacial score (nSPS) is 11.1. The molecule has 0 saturated heterocycles. The van der Waals surface area contributed by atoms with E-state index in [1.54, 1.807) is 22.7 Å². The fourth-order valence-corrected chi connectivity index (χ4v) is 4.09. The molecule has 1 aromatic carbocycles. The largest absolute Gasteiger partial charge is 0.356 e. The van der Waals surface area contributed by atoms with Crippen molar-refractivity contribution < 1.29 is 0 Å². The molecule has 2 aromatic heterocycles. The van der Waals surface area contributed by atoms with Gasteiger partial charge in [0.15, 0.2) is 5.96 Å². The summed E-state index contributed by atoms with van der Waals surface area (Å²) in [6.45, 7) is 3.57. The van der Waals surface area contributed by atoms with Crippen LogP contribution in [0.3, 0.4) is 0 Å². The molecule has 3 aromatic rings. The van der Waals surface area contributed by atoms with E-state index in [0.29, 0.717) is 0 Å². The molecule has 0 amide bonds. The van der Waals surface area contributed by atoms with Crippen LogP contribution in [0.5, 0.6) is 0 Å². The third-order valence-electron chi connectivity index (χ3n) is 3.88.